The van der Waals surface area contributed by atoms with Gasteiger partial charge in [-0.15, -0.1) is 0 Å². The van der Waals surface area contributed by atoms with E-state index in [0.29, 0.717) is 0 Å². The highest BCUT2D eigenvalue weighted by atomic mass is 35.5. The van der Waals surface area contributed by atoms with Crippen molar-refractivity contribution in [1.82, 2.24) is 10.3 Å². The molecule has 1 aliphatic rings. The topological polar surface area (TPSA) is 91.7 Å². The molecule has 8 heteroatoms. The molecule has 2 unspecified atom stereocenters. The van der Waals surface area contributed by atoms with Crippen LogP contribution in [0.4, 0.5) is 9.18 Å². The third-order valence-corrected chi connectivity index (χ3v) is 5.88. The molecule has 1 amide bonds. The number of rotatable bonds is 7. The Morgan fingerprint density at radius 1 is 1.09 bits per heavy atom. The Balaban J connectivity index is 1.29. The van der Waals surface area contributed by atoms with Crippen molar-refractivity contribution in [1.29, 1.82) is 0 Å². The van der Waals surface area contributed by atoms with Gasteiger partial charge in [-0.2, -0.15) is 0 Å². The summed E-state index contributed by atoms with van der Waals surface area (Å²) in [6.45, 7) is 0.209. The average Bonchev–Trinajstić information content (AvgIpc) is 3.13. The van der Waals surface area contributed by atoms with Crippen molar-refractivity contribution in [2.75, 3.05) is 13.2 Å². The number of hydrogen-bond acceptors (Lipinski definition) is 5. The Kier molecular flexibility index (Phi) is 6.69. The van der Waals surface area contributed by atoms with E-state index in [0.717, 1.165) is 22.3 Å². The molecule has 1 heterocycles. The minimum absolute atomic E-state index is 0.00918. The fourth-order valence-corrected chi connectivity index (χ4v) is 4.16. The molecular weight excluding hydrogens is 435 g/mol. The largest absolute Gasteiger partial charge is 0.449 e. The molecule has 0 saturated carbocycles. The van der Waals surface area contributed by atoms with Gasteiger partial charge in [0.15, 0.2) is 11.0 Å². The highest BCUT2D eigenvalue weighted by Gasteiger charge is 2.29. The van der Waals surface area contributed by atoms with E-state index in [1.165, 1.54) is 12.3 Å². The predicted molar refractivity (Wildman–Crippen MR) is 118 cm³/mol. The molecule has 32 heavy (non-hydrogen) atoms. The van der Waals surface area contributed by atoms with Gasteiger partial charge in [0.05, 0.1) is 6.10 Å². The van der Waals surface area contributed by atoms with Gasteiger partial charge in [0, 0.05) is 24.2 Å². The normalized spacial score (nSPS) is 14.4. The highest BCUT2D eigenvalue weighted by molar-refractivity contribution is 6.29. The molecule has 6 nitrogen and oxygen atoms in total. The van der Waals surface area contributed by atoms with Crippen LogP contribution in [-0.4, -0.2) is 40.5 Å². The Morgan fingerprint density at radius 3 is 2.38 bits per heavy atom. The van der Waals surface area contributed by atoms with Gasteiger partial charge in [0.2, 0.25) is 0 Å². The Morgan fingerprint density at radius 2 is 1.72 bits per heavy atom. The molecule has 0 radical (unpaired) electrons. The first kappa shape index (κ1) is 22.2. The van der Waals surface area contributed by atoms with Crippen molar-refractivity contribution in [3.05, 3.63) is 88.5 Å². The lowest BCUT2D eigenvalue weighted by atomic mass is 9.98. The van der Waals surface area contributed by atoms with Gasteiger partial charge in [-0.3, -0.25) is 0 Å². The third-order valence-electron chi connectivity index (χ3n) is 5.61. The van der Waals surface area contributed by atoms with Crippen LogP contribution in [0.1, 0.15) is 35.1 Å². The number of hydrogen-bond donors (Lipinski definition) is 3. The molecule has 0 bridgehead atoms. The summed E-state index contributed by atoms with van der Waals surface area (Å²) in [5.74, 6) is -0.940. The molecule has 3 N–H and O–H groups in total. The zero-order valence-electron chi connectivity index (χ0n) is 17.0. The molecule has 3 aromatic rings. The molecule has 0 spiro atoms. The maximum Gasteiger partial charge on any atom is 0.407 e. The standard InChI is InChI=1S/C24H22ClFN2O4/c25-23-21(26)18(9-11-27-23)22(30)20(29)10-12-28-24(31)32-13-19-16-7-3-1-5-14(16)15-6-2-4-8-17(15)19/h1-9,11,19-20,22,29-30H,10,12-13H2,(H,28,31). The predicted octanol–water partition coefficient (Wildman–Crippen LogP) is 4.20. The zero-order valence-corrected chi connectivity index (χ0v) is 17.8. The molecule has 2 aromatic carbocycles. The van der Waals surface area contributed by atoms with Crippen LogP contribution in [-0.2, 0) is 4.74 Å². The number of ether oxygens (including phenoxy) is 1. The van der Waals surface area contributed by atoms with Gasteiger partial charge < -0.3 is 20.3 Å². The highest BCUT2D eigenvalue weighted by Crippen LogP contribution is 2.44. The van der Waals surface area contributed by atoms with E-state index >= 15 is 0 Å². The number of carbonyl (C=O) groups is 1. The van der Waals surface area contributed by atoms with Crippen LogP contribution in [0.3, 0.4) is 0 Å². The van der Waals surface area contributed by atoms with Crippen LogP contribution >= 0.6 is 11.6 Å². The first-order chi connectivity index (χ1) is 15.5. The molecule has 0 fully saturated rings. The second-order valence-corrected chi connectivity index (χ2v) is 7.92. The van der Waals surface area contributed by atoms with E-state index in [-0.39, 0.29) is 36.2 Å². The van der Waals surface area contributed by atoms with Crippen molar-refractivity contribution < 1.29 is 24.1 Å². The number of benzene rings is 2. The number of alkyl carbamates (subject to hydrolysis) is 1. The fraction of sp³-hybridized carbons (Fsp3) is 0.250. The minimum Gasteiger partial charge on any atom is -0.449 e. The maximum atomic E-state index is 14.0. The SMILES string of the molecule is O=C(NCCC(O)C(O)c1ccnc(Cl)c1F)OCC1c2ccccc2-c2ccccc21. The molecule has 1 aromatic heterocycles. The summed E-state index contributed by atoms with van der Waals surface area (Å²) in [6.07, 6.45) is -2.21. The number of carbonyl (C=O) groups excluding carboxylic acids is 1. The lowest BCUT2D eigenvalue weighted by molar-refractivity contribution is 0.0116. The summed E-state index contributed by atoms with van der Waals surface area (Å²) in [5.41, 5.74) is 4.34. The summed E-state index contributed by atoms with van der Waals surface area (Å²) in [6, 6.07) is 17.3. The van der Waals surface area contributed by atoms with Crippen LogP contribution in [0.25, 0.3) is 11.1 Å². The van der Waals surface area contributed by atoms with E-state index in [1.807, 2.05) is 36.4 Å². The van der Waals surface area contributed by atoms with Crippen molar-refractivity contribution in [3.8, 4) is 11.1 Å². The van der Waals surface area contributed by atoms with Crippen LogP contribution < -0.4 is 5.32 Å². The summed E-state index contributed by atoms with van der Waals surface area (Å²) in [5, 5.41) is 22.5. The number of pyridine rings is 1. The summed E-state index contributed by atoms with van der Waals surface area (Å²) >= 11 is 5.61. The first-order valence-corrected chi connectivity index (χ1v) is 10.6. The number of nitrogens with zero attached hydrogens (tertiary/aromatic N) is 1. The van der Waals surface area contributed by atoms with Gasteiger partial charge in [-0.1, -0.05) is 60.1 Å². The van der Waals surface area contributed by atoms with Gasteiger partial charge in [0.1, 0.15) is 12.7 Å². The van der Waals surface area contributed by atoms with Gasteiger partial charge in [0.25, 0.3) is 0 Å². The lowest BCUT2D eigenvalue weighted by Gasteiger charge is -2.19. The van der Waals surface area contributed by atoms with E-state index in [1.54, 1.807) is 0 Å². The second kappa shape index (κ2) is 9.65. The quantitative estimate of drug-likeness (QED) is 0.463. The average molecular weight is 457 g/mol. The molecule has 4 rings (SSSR count). The molecule has 1 aliphatic carbocycles. The van der Waals surface area contributed by atoms with Crippen molar-refractivity contribution in [2.45, 2.75) is 24.5 Å². The lowest BCUT2D eigenvalue weighted by Crippen LogP contribution is -2.31. The van der Waals surface area contributed by atoms with E-state index < -0.39 is 24.1 Å². The molecular formula is C24H22ClFN2O4. The monoisotopic (exact) mass is 456 g/mol. The number of amides is 1. The minimum atomic E-state index is -1.50. The van der Waals surface area contributed by atoms with Crippen molar-refractivity contribution in [3.63, 3.8) is 0 Å². The summed E-state index contributed by atoms with van der Waals surface area (Å²) in [4.78, 5) is 15.8. The molecule has 2 atom stereocenters. The number of nitrogens with one attached hydrogen (secondary N) is 1. The third kappa shape index (κ3) is 4.46. The maximum absolute atomic E-state index is 14.0. The Hall–Kier alpha value is -3.00. The Bertz CT molecular complexity index is 1080. The molecule has 0 aliphatic heterocycles. The van der Waals surface area contributed by atoms with Gasteiger partial charge >= 0.3 is 6.09 Å². The van der Waals surface area contributed by atoms with Crippen LogP contribution in [0.15, 0.2) is 60.8 Å². The second-order valence-electron chi connectivity index (χ2n) is 7.56. The van der Waals surface area contributed by atoms with Crippen LogP contribution in [0.5, 0.6) is 0 Å². The number of aliphatic hydroxyl groups is 2. The molecule has 0 saturated heterocycles. The fourth-order valence-electron chi connectivity index (χ4n) is 4.00. The zero-order chi connectivity index (χ0) is 22.7. The Labute approximate surface area is 189 Å². The van der Waals surface area contributed by atoms with Crippen molar-refractivity contribution >= 4 is 17.7 Å². The number of fused-ring (bicyclic) bond motifs is 3. The van der Waals surface area contributed by atoms with Crippen molar-refractivity contribution in [2.24, 2.45) is 0 Å². The van der Waals surface area contributed by atoms with Gasteiger partial charge in [-0.25, -0.2) is 14.2 Å². The van der Waals surface area contributed by atoms with E-state index in [4.69, 9.17) is 16.3 Å². The number of aromatic nitrogens is 1. The molecule has 166 valence electrons. The van der Waals surface area contributed by atoms with E-state index in [9.17, 15) is 19.4 Å². The first-order valence-electron chi connectivity index (χ1n) is 10.2. The smallest absolute Gasteiger partial charge is 0.407 e. The number of halogens is 2. The van der Waals surface area contributed by atoms with Gasteiger partial charge in [-0.05, 0) is 34.7 Å². The van der Waals surface area contributed by atoms with Crippen LogP contribution in [0, 0.1) is 5.82 Å². The summed E-state index contributed by atoms with van der Waals surface area (Å²) < 4.78 is 19.4. The summed E-state index contributed by atoms with van der Waals surface area (Å²) in [7, 11) is 0. The van der Waals surface area contributed by atoms with Crippen LogP contribution in [0.2, 0.25) is 5.15 Å². The number of aliphatic hydroxyl groups excluding tert-OH is 2. The van der Waals surface area contributed by atoms with E-state index in [2.05, 4.69) is 22.4 Å².